The summed E-state index contributed by atoms with van der Waals surface area (Å²) in [5, 5.41) is 13.3. The zero-order valence-corrected chi connectivity index (χ0v) is 11.1. The molecule has 0 saturated heterocycles. The number of carbonyl (C=O) groups is 1. The molecule has 5 heteroatoms. The Labute approximate surface area is 121 Å². The van der Waals surface area contributed by atoms with E-state index in [-0.39, 0.29) is 11.3 Å². The van der Waals surface area contributed by atoms with Crippen molar-refractivity contribution in [1.82, 2.24) is 9.78 Å². The van der Waals surface area contributed by atoms with Gasteiger partial charge in [0.1, 0.15) is 0 Å². The molecular formula is C16H13N3O2. The molecular weight excluding hydrogens is 266 g/mol. The number of benzene rings is 2. The number of nitrogens with two attached hydrogens (primary N) is 1. The Bertz CT molecular complexity index is 794. The lowest BCUT2D eigenvalue weighted by Crippen LogP contribution is -2.01. The number of anilines is 1. The predicted octanol–water partition coefficient (Wildman–Crippen LogP) is 2.82. The second-order valence-electron chi connectivity index (χ2n) is 4.62. The maximum atomic E-state index is 11.0. The van der Waals surface area contributed by atoms with Crippen LogP contribution in [0.15, 0.2) is 60.9 Å². The van der Waals surface area contributed by atoms with Gasteiger partial charge in [-0.15, -0.1) is 0 Å². The van der Waals surface area contributed by atoms with Crippen LogP contribution in [0.25, 0.3) is 16.8 Å². The van der Waals surface area contributed by atoms with Gasteiger partial charge in [0.25, 0.3) is 0 Å². The SMILES string of the molecule is Nc1cc(-c2cnn(-c3ccccc3)c2)ccc1C(=O)O. The molecule has 0 amide bonds. The molecule has 0 aliphatic carbocycles. The number of hydrogen-bond donors (Lipinski definition) is 2. The van der Waals surface area contributed by atoms with Gasteiger partial charge in [-0.25, -0.2) is 9.48 Å². The van der Waals surface area contributed by atoms with Gasteiger partial charge in [0.15, 0.2) is 0 Å². The van der Waals surface area contributed by atoms with Crippen molar-refractivity contribution in [3.8, 4) is 16.8 Å². The van der Waals surface area contributed by atoms with Crippen LogP contribution in [0.3, 0.4) is 0 Å². The standard InChI is InChI=1S/C16H13N3O2/c17-15-8-11(6-7-14(15)16(20)21)12-9-18-19(10-12)13-4-2-1-3-5-13/h1-10H,17H2,(H,20,21). The van der Waals surface area contributed by atoms with Crippen LogP contribution in [0.5, 0.6) is 0 Å². The van der Waals surface area contributed by atoms with E-state index in [1.807, 2.05) is 36.5 Å². The molecule has 3 rings (SSSR count). The van der Waals surface area contributed by atoms with Gasteiger partial charge in [-0.05, 0) is 29.8 Å². The molecule has 0 aliphatic heterocycles. The second kappa shape index (κ2) is 5.13. The Morgan fingerprint density at radius 2 is 1.86 bits per heavy atom. The molecule has 0 radical (unpaired) electrons. The lowest BCUT2D eigenvalue weighted by Gasteiger charge is -2.03. The third kappa shape index (κ3) is 2.49. The molecule has 1 aromatic heterocycles. The number of carboxylic acid groups (broad SMARTS) is 1. The van der Waals surface area contributed by atoms with Gasteiger partial charge in [0, 0.05) is 17.4 Å². The Balaban J connectivity index is 1.97. The summed E-state index contributed by atoms with van der Waals surface area (Å²) >= 11 is 0. The van der Waals surface area contributed by atoms with Gasteiger partial charge in [0.2, 0.25) is 0 Å². The van der Waals surface area contributed by atoms with Crippen LogP contribution in [0.4, 0.5) is 5.69 Å². The highest BCUT2D eigenvalue weighted by Crippen LogP contribution is 2.24. The first-order valence-electron chi connectivity index (χ1n) is 6.38. The van der Waals surface area contributed by atoms with Crippen molar-refractivity contribution in [2.75, 3.05) is 5.73 Å². The molecule has 0 fully saturated rings. The number of hydrogen-bond acceptors (Lipinski definition) is 3. The van der Waals surface area contributed by atoms with E-state index in [9.17, 15) is 4.79 Å². The lowest BCUT2D eigenvalue weighted by molar-refractivity contribution is 0.0698. The van der Waals surface area contributed by atoms with E-state index >= 15 is 0 Å². The summed E-state index contributed by atoms with van der Waals surface area (Å²) in [6, 6.07) is 14.6. The van der Waals surface area contributed by atoms with Crippen molar-refractivity contribution in [2.24, 2.45) is 0 Å². The first-order chi connectivity index (χ1) is 10.1. The molecule has 0 aliphatic rings. The second-order valence-corrected chi connectivity index (χ2v) is 4.62. The number of nitrogen functional groups attached to an aromatic ring is 1. The molecule has 0 bridgehead atoms. The summed E-state index contributed by atoms with van der Waals surface area (Å²) in [5.41, 5.74) is 8.79. The van der Waals surface area contributed by atoms with Gasteiger partial charge in [0.05, 0.1) is 17.4 Å². The average Bonchev–Trinajstić information content (AvgIpc) is 2.97. The van der Waals surface area contributed by atoms with E-state index in [4.69, 9.17) is 10.8 Å². The molecule has 3 N–H and O–H groups in total. The summed E-state index contributed by atoms with van der Waals surface area (Å²) in [6.07, 6.45) is 3.60. The Morgan fingerprint density at radius 3 is 2.52 bits per heavy atom. The zero-order valence-electron chi connectivity index (χ0n) is 11.1. The molecule has 0 unspecified atom stereocenters. The minimum atomic E-state index is -1.03. The van der Waals surface area contributed by atoms with Gasteiger partial charge in [-0.1, -0.05) is 24.3 Å². The number of nitrogens with zero attached hydrogens (tertiary/aromatic N) is 2. The highest BCUT2D eigenvalue weighted by atomic mass is 16.4. The molecule has 0 saturated carbocycles. The minimum absolute atomic E-state index is 0.106. The maximum absolute atomic E-state index is 11.0. The number of para-hydroxylation sites is 1. The van der Waals surface area contributed by atoms with Gasteiger partial charge in [-0.3, -0.25) is 0 Å². The van der Waals surface area contributed by atoms with E-state index in [1.165, 1.54) is 6.07 Å². The fraction of sp³-hybridized carbons (Fsp3) is 0. The van der Waals surface area contributed by atoms with Gasteiger partial charge < -0.3 is 10.8 Å². The van der Waals surface area contributed by atoms with Crippen molar-refractivity contribution in [3.05, 3.63) is 66.5 Å². The van der Waals surface area contributed by atoms with E-state index in [0.29, 0.717) is 0 Å². The number of aromatic carboxylic acids is 1. The van der Waals surface area contributed by atoms with E-state index in [2.05, 4.69) is 5.10 Å². The fourth-order valence-electron chi connectivity index (χ4n) is 2.13. The van der Waals surface area contributed by atoms with Crippen LogP contribution < -0.4 is 5.73 Å². The highest BCUT2D eigenvalue weighted by Gasteiger charge is 2.10. The van der Waals surface area contributed by atoms with E-state index < -0.39 is 5.97 Å². The van der Waals surface area contributed by atoms with Gasteiger partial charge >= 0.3 is 5.97 Å². The first kappa shape index (κ1) is 12.9. The van der Waals surface area contributed by atoms with Crippen molar-refractivity contribution in [3.63, 3.8) is 0 Å². The van der Waals surface area contributed by atoms with Crippen LogP contribution in [0.1, 0.15) is 10.4 Å². The quantitative estimate of drug-likeness (QED) is 0.722. The summed E-state index contributed by atoms with van der Waals surface area (Å²) < 4.78 is 1.76. The van der Waals surface area contributed by atoms with Crippen molar-refractivity contribution in [2.45, 2.75) is 0 Å². The van der Waals surface area contributed by atoms with Crippen LogP contribution in [-0.2, 0) is 0 Å². The van der Waals surface area contributed by atoms with Crippen LogP contribution in [0.2, 0.25) is 0 Å². The average molecular weight is 279 g/mol. The highest BCUT2D eigenvalue weighted by molar-refractivity contribution is 5.94. The molecule has 21 heavy (non-hydrogen) atoms. The van der Waals surface area contributed by atoms with E-state index in [0.717, 1.165) is 16.8 Å². The summed E-state index contributed by atoms with van der Waals surface area (Å²) in [5.74, 6) is -1.03. The number of rotatable bonds is 3. The number of carboxylic acids is 1. The predicted molar refractivity (Wildman–Crippen MR) is 80.4 cm³/mol. The molecule has 2 aromatic carbocycles. The lowest BCUT2D eigenvalue weighted by atomic mass is 10.1. The third-order valence-electron chi connectivity index (χ3n) is 3.22. The molecule has 0 atom stereocenters. The van der Waals surface area contributed by atoms with Crippen molar-refractivity contribution < 1.29 is 9.90 Å². The van der Waals surface area contributed by atoms with Crippen molar-refractivity contribution >= 4 is 11.7 Å². The van der Waals surface area contributed by atoms with Crippen LogP contribution >= 0.6 is 0 Å². The number of aromatic nitrogens is 2. The Kier molecular flexibility index (Phi) is 3.16. The molecule has 5 nitrogen and oxygen atoms in total. The molecule has 3 aromatic rings. The largest absolute Gasteiger partial charge is 0.478 e. The zero-order chi connectivity index (χ0) is 14.8. The normalized spacial score (nSPS) is 10.5. The van der Waals surface area contributed by atoms with Crippen molar-refractivity contribution in [1.29, 1.82) is 0 Å². The third-order valence-corrected chi connectivity index (χ3v) is 3.22. The minimum Gasteiger partial charge on any atom is -0.478 e. The van der Waals surface area contributed by atoms with Crippen LogP contribution in [0, 0.1) is 0 Å². The molecule has 1 heterocycles. The molecule has 0 spiro atoms. The maximum Gasteiger partial charge on any atom is 0.337 e. The van der Waals surface area contributed by atoms with E-state index in [1.54, 1.807) is 23.0 Å². The Hall–Kier alpha value is -3.08. The first-order valence-corrected chi connectivity index (χ1v) is 6.38. The van der Waals surface area contributed by atoms with Crippen LogP contribution in [-0.4, -0.2) is 20.9 Å². The molecule has 104 valence electrons. The summed E-state index contributed by atoms with van der Waals surface area (Å²) in [4.78, 5) is 11.0. The summed E-state index contributed by atoms with van der Waals surface area (Å²) in [7, 11) is 0. The van der Waals surface area contributed by atoms with Gasteiger partial charge in [-0.2, -0.15) is 5.10 Å². The summed E-state index contributed by atoms with van der Waals surface area (Å²) in [6.45, 7) is 0. The topological polar surface area (TPSA) is 81.1 Å². The monoisotopic (exact) mass is 279 g/mol. The smallest absolute Gasteiger partial charge is 0.337 e. The fourth-order valence-corrected chi connectivity index (χ4v) is 2.13. The Morgan fingerprint density at radius 1 is 1.10 bits per heavy atom.